The van der Waals surface area contributed by atoms with Gasteiger partial charge in [-0.3, -0.25) is 9.59 Å². The summed E-state index contributed by atoms with van der Waals surface area (Å²) in [5.41, 5.74) is 0.744. The molecular formula is C18H28N2O3S. The van der Waals surface area contributed by atoms with Crippen molar-refractivity contribution in [3.05, 3.63) is 16.1 Å². The molecule has 134 valence electrons. The molecule has 1 saturated carbocycles. The minimum absolute atomic E-state index is 0.0205. The highest BCUT2D eigenvalue weighted by Crippen LogP contribution is 2.26. The summed E-state index contributed by atoms with van der Waals surface area (Å²) in [4.78, 5) is 28.4. The van der Waals surface area contributed by atoms with E-state index in [9.17, 15) is 14.7 Å². The number of aliphatic carboxylic acids is 1. The average molecular weight is 352 g/mol. The predicted molar refractivity (Wildman–Crippen MR) is 95.3 cm³/mol. The Morgan fingerprint density at radius 1 is 1.25 bits per heavy atom. The molecule has 1 aliphatic rings. The van der Waals surface area contributed by atoms with Gasteiger partial charge in [-0.15, -0.1) is 11.3 Å². The Balaban J connectivity index is 1.98. The fourth-order valence-corrected chi connectivity index (χ4v) is 4.01. The number of thiazole rings is 1. The second-order valence-electron chi connectivity index (χ2n) is 7.68. The molecule has 0 spiro atoms. The molecule has 1 aliphatic carbocycles. The largest absolute Gasteiger partial charge is 0.481 e. The lowest BCUT2D eigenvalue weighted by Crippen LogP contribution is -2.44. The van der Waals surface area contributed by atoms with Gasteiger partial charge in [-0.05, 0) is 12.8 Å². The van der Waals surface area contributed by atoms with E-state index in [1.165, 1.54) is 0 Å². The van der Waals surface area contributed by atoms with Crippen molar-refractivity contribution >= 4 is 23.2 Å². The monoisotopic (exact) mass is 352 g/mol. The number of carboxylic acids is 1. The number of nitrogens with zero attached hydrogens (tertiary/aromatic N) is 1. The summed E-state index contributed by atoms with van der Waals surface area (Å²) in [7, 11) is 0. The molecule has 0 radical (unpaired) electrons. The maximum absolute atomic E-state index is 12.4. The summed E-state index contributed by atoms with van der Waals surface area (Å²) in [6.07, 6.45) is 5.69. The number of carbonyl (C=O) groups is 2. The Kier molecular flexibility index (Phi) is 6.38. The van der Waals surface area contributed by atoms with E-state index < -0.39 is 11.9 Å². The van der Waals surface area contributed by atoms with Crippen LogP contribution in [0.1, 0.15) is 70.0 Å². The summed E-state index contributed by atoms with van der Waals surface area (Å²) in [5, 5.41) is 15.4. The zero-order valence-corrected chi connectivity index (χ0v) is 15.6. The van der Waals surface area contributed by atoms with Crippen molar-refractivity contribution in [2.45, 2.75) is 77.2 Å². The maximum Gasteiger partial charge on any atom is 0.308 e. The highest BCUT2D eigenvalue weighted by molar-refractivity contribution is 7.09. The first-order valence-electron chi connectivity index (χ1n) is 8.74. The molecule has 5 nitrogen and oxygen atoms in total. The van der Waals surface area contributed by atoms with Gasteiger partial charge in [0.15, 0.2) is 0 Å². The zero-order valence-electron chi connectivity index (χ0n) is 14.8. The molecule has 0 aromatic carbocycles. The summed E-state index contributed by atoms with van der Waals surface area (Å²) in [5.74, 6) is -1.40. The lowest BCUT2D eigenvalue weighted by atomic mass is 9.86. The fraction of sp³-hybridized carbons (Fsp3) is 0.722. The molecule has 1 aromatic heterocycles. The second kappa shape index (κ2) is 8.10. The standard InChI is InChI=1S/C18H28N2O3S/c1-18(2,3)17-19-12(11-24-17)10-15(21)20-14-9-7-5-4-6-8-13(14)16(22)23/h11,13-14H,4-10H2,1-3H3,(H,20,21)(H,22,23). The van der Waals surface area contributed by atoms with Crippen molar-refractivity contribution in [3.8, 4) is 0 Å². The molecule has 1 aromatic rings. The van der Waals surface area contributed by atoms with Gasteiger partial charge in [-0.25, -0.2) is 4.98 Å². The SMILES string of the molecule is CC(C)(C)c1nc(CC(=O)NC2CCCCCCC2C(=O)O)cs1. The average Bonchev–Trinajstić information content (AvgIpc) is 2.90. The number of carboxylic acid groups (broad SMARTS) is 1. The predicted octanol–water partition coefficient (Wildman–Crippen LogP) is 3.52. The molecule has 1 heterocycles. The van der Waals surface area contributed by atoms with E-state index >= 15 is 0 Å². The lowest BCUT2D eigenvalue weighted by Gasteiger charge is -2.27. The van der Waals surface area contributed by atoms with Crippen molar-refractivity contribution < 1.29 is 14.7 Å². The van der Waals surface area contributed by atoms with Gasteiger partial charge < -0.3 is 10.4 Å². The van der Waals surface area contributed by atoms with Crippen molar-refractivity contribution in [1.29, 1.82) is 0 Å². The topological polar surface area (TPSA) is 79.3 Å². The summed E-state index contributed by atoms with van der Waals surface area (Å²) < 4.78 is 0. The summed E-state index contributed by atoms with van der Waals surface area (Å²) in [6, 6.07) is -0.268. The van der Waals surface area contributed by atoms with Gasteiger partial charge in [0.2, 0.25) is 5.91 Å². The van der Waals surface area contributed by atoms with Crippen LogP contribution >= 0.6 is 11.3 Å². The maximum atomic E-state index is 12.4. The molecule has 24 heavy (non-hydrogen) atoms. The van der Waals surface area contributed by atoms with Crippen LogP contribution in [-0.2, 0) is 21.4 Å². The van der Waals surface area contributed by atoms with Crippen LogP contribution in [-0.4, -0.2) is 28.0 Å². The fourth-order valence-electron chi connectivity index (χ4n) is 3.11. The first-order valence-corrected chi connectivity index (χ1v) is 9.62. The first kappa shape index (κ1) is 18.9. The van der Waals surface area contributed by atoms with Gasteiger partial charge in [0, 0.05) is 16.8 Å². The molecule has 2 atom stereocenters. The third-order valence-corrected chi connectivity index (χ3v) is 5.78. The molecule has 0 aliphatic heterocycles. The normalized spacial score (nSPS) is 22.5. The molecule has 0 bridgehead atoms. The van der Waals surface area contributed by atoms with Crippen LogP contribution in [0.2, 0.25) is 0 Å². The summed E-state index contributed by atoms with van der Waals surface area (Å²) in [6.45, 7) is 6.30. The molecular weight excluding hydrogens is 324 g/mol. The zero-order chi connectivity index (χ0) is 17.7. The number of hydrogen-bond acceptors (Lipinski definition) is 4. The third kappa shape index (κ3) is 5.30. The molecule has 1 fully saturated rings. The Morgan fingerprint density at radius 2 is 1.92 bits per heavy atom. The van der Waals surface area contributed by atoms with E-state index in [1.54, 1.807) is 11.3 Å². The second-order valence-corrected chi connectivity index (χ2v) is 8.54. The lowest BCUT2D eigenvalue weighted by molar-refractivity contribution is -0.143. The molecule has 0 saturated heterocycles. The van der Waals surface area contributed by atoms with Crippen LogP contribution in [0.25, 0.3) is 0 Å². The van der Waals surface area contributed by atoms with E-state index in [4.69, 9.17) is 0 Å². The highest BCUT2D eigenvalue weighted by Gasteiger charge is 2.30. The van der Waals surface area contributed by atoms with Crippen LogP contribution in [0.15, 0.2) is 5.38 Å². The minimum Gasteiger partial charge on any atom is -0.481 e. The van der Waals surface area contributed by atoms with Crippen LogP contribution in [0.3, 0.4) is 0 Å². The van der Waals surface area contributed by atoms with Gasteiger partial charge in [0.1, 0.15) is 0 Å². The smallest absolute Gasteiger partial charge is 0.308 e. The van der Waals surface area contributed by atoms with Crippen molar-refractivity contribution in [2.75, 3.05) is 0 Å². The van der Waals surface area contributed by atoms with Crippen LogP contribution < -0.4 is 5.32 Å². The van der Waals surface area contributed by atoms with E-state index in [-0.39, 0.29) is 23.8 Å². The van der Waals surface area contributed by atoms with Gasteiger partial charge in [0.25, 0.3) is 0 Å². The summed E-state index contributed by atoms with van der Waals surface area (Å²) >= 11 is 1.57. The van der Waals surface area contributed by atoms with E-state index in [1.807, 2.05) is 5.38 Å². The van der Waals surface area contributed by atoms with Gasteiger partial charge in [-0.1, -0.05) is 46.5 Å². The van der Waals surface area contributed by atoms with Crippen LogP contribution in [0, 0.1) is 5.92 Å². The van der Waals surface area contributed by atoms with Gasteiger partial charge >= 0.3 is 5.97 Å². The van der Waals surface area contributed by atoms with E-state index in [0.717, 1.165) is 42.8 Å². The quantitative estimate of drug-likeness (QED) is 0.869. The van der Waals surface area contributed by atoms with Crippen molar-refractivity contribution in [1.82, 2.24) is 10.3 Å². The number of carbonyl (C=O) groups excluding carboxylic acids is 1. The molecule has 2 N–H and O–H groups in total. The highest BCUT2D eigenvalue weighted by atomic mass is 32.1. The minimum atomic E-state index is -0.800. The van der Waals surface area contributed by atoms with E-state index in [0.29, 0.717) is 6.42 Å². The number of hydrogen-bond donors (Lipinski definition) is 2. The van der Waals surface area contributed by atoms with E-state index in [2.05, 4.69) is 31.1 Å². The molecule has 1 amide bonds. The first-order chi connectivity index (χ1) is 11.3. The molecule has 2 rings (SSSR count). The van der Waals surface area contributed by atoms with Gasteiger partial charge in [-0.2, -0.15) is 0 Å². The Labute approximate surface area is 147 Å². The third-order valence-electron chi connectivity index (χ3n) is 4.46. The molecule has 6 heteroatoms. The van der Waals surface area contributed by atoms with Gasteiger partial charge in [0.05, 0.1) is 23.0 Å². The number of aromatic nitrogens is 1. The number of rotatable bonds is 4. The number of nitrogens with one attached hydrogen (secondary N) is 1. The molecule has 2 unspecified atom stereocenters. The van der Waals surface area contributed by atoms with Crippen molar-refractivity contribution in [3.63, 3.8) is 0 Å². The van der Waals surface area contributed by atoms with Crippen LogP contribution in [0.4, 0.5) is 0 Å². The Morgan fingerprint density at radius 3 is 2.50 bits per heavy atom. The number of amides is 1. The Hall–Kier alpha value is -1.43. The van der Waals surface area contributed by atoms with Crippen molar-refractivity contribution in [2.24, 2.45) is 5.92 Å². The van der Waals surface area contributed by atoms with Crippen LogP contribution in [0.5, 0.6) is 0 Å². The Bertz CT molecular complexity index is 577.